The minimum absolute atomic E-state index is 0.325. The van der Waals surface area contributed by atoms with Gasteiger partial charge in [0.2, 0.25) is 0 Å². The molecule has 0 saturated carbocycles. The standard InChI is InChI=1S/C23H18Cl2N2O/c1-16-22(18-8-4-2-5-9-18)26-27(23(16)19-10-6-3-7-11-19)28-15-17-12-13-20(24)21(25)14-17/h2-14H,15H2,1H3. The van der Waals surface area contributed by atoms with E-state index in [0.29, 0.717) is 16.7 Å². The van der Waals surface area contributed by atoms with Gasteiger partial charge in [-0.3, -0.25) is 0 Å². The summed E-state index contributed by atoms with van der Waals surface area (Å²) in [5, 5.41) is 5.78. The SMILES string of the molecule is Cc1c(-c2ccccc2)nn(OCc2ccc(Cl)c(Cl)c2)c1-c1ccccc1. The van der Waals surface area contributed by atoms with Crippen LogP contribution in [-0.2, 0) is 6.61 Å². The monoisotopic (exact) mass is 408 g/mol. The first-order valence-electron chi connectivity index (χ1n) is 8.91. The van der Waals surface area contributed by atoms with Crippen LogP contribution >= 0.6 is 23.2 Å². The second kappa shape index (κ2) is 8.09. The molecular formula is C23H18Cl2N2O. The second-order valence-corrected chi connectivity index (χ2v) is 7.26. The number of halogens is 2. The molecule has 0 radical (unpaired) electrons. The van der Waals surface area contributed by atoms with Crippen LogP contribution < -0.4 is 4.84 Å². The van der Waals surface area contributed by atoms with E-state index >= 15 is 0 Å². The third kappa shape index (κ3) is 3.77. The highest BCUT2D eigenvalue weighted by molar-refractivity contribution is 6.42. The molecule has 4 rings (SSSR count). The highest BCUT2D eigenvalue weighted by atomic mass is 35.5. The lowest BCUT2D eigenvalue weighted by Gasteiger charge is -2.10. The van der Waals surface area contributed by atoms with Gasteiger partial charge in [-0.05, 0) is 24.6 Å². The number of nitrogens with zero attached hydrogens (tertiary/aromatic N) is 2. The maximum atomic E-state index is 6.12. The maximum Gasteiger partial charge on any atom is 0.142 e. The zero-order chi connectivity index (χ0) is 19.5. The lowest BCUT2D eigenvalue weighted by atomic mass is 10.0. The van der Waals surface area contributed by atoms with Crippen molar-refractivity contribution in [3.63, 3.8) is 0 Å². The molecule has 1 aromatic heterocycles. The predicted octanol–water partition coefficient (Wildman–Crippen LogP) is 6.46. The van der Waals surface area contributed by atoms with Gasteiger partial charge >= 0.3 is 0 Å². The van der Waals surface area contributed by atoms with Crippen LogP contribution in [0, 0.1) is 6.92 Å². The van der Waals surface area contributed by atoms with Crippen LogP contribution in [0.5, 0.6) is 0 Å². The molecule has 1 heterocycles. The van der Waals surface area contributed by atoms with Gasteiger partial charge in [0.25, 0.3) is 0 Å². The van der Waals surface area contributed by atoms with Crippen molar-refractivity contribution < 1.29 is 4.84 Å². The Balaban J connectivity index is 1.73. The Morgan fingerprint density at radius 1 is 0.821 bits per heavy atom. The molecule has 0 spiro atoms. The Bertz CT molecular complexity index is 1090. The molecule has 0 unspecified atom stereocenters. The smallest absolute Gasteiger partial charge is 0.142 e. The summed E-state index contributed by atoms with van der Waals surface area (Å²) < 4.78 is 0. The quantitative estimate of drug-likeness (QED) is 0.378. The van der Waals surface area contributed by atoms with Crippen LogP contribution in [0.3, 0.4) is 0 Å². The van der Waals surface area contributed by atoms with E-state index in [4.69, 9.17) is 33.1 Å². The van der Waals surface area contributed by atoms with Crippen molar-refractivity contribution in [1.29, 1.82) is 0 Å². The van der Waals surface area contributed by atoms with Crippen LogP contribution in [0.2, 0.25) is 10.0 Å². The van der Waals surface area contributed by atoms with Crippen LogP contribution in [0.15, 0.2) is 78.9 Å². The fourth-order valence-corrected chi connectivity index (χ4v) is 3.44. The minimum Gasteiger partial charge on any atom is -0.391 e. The molecule has 3 aromatic carbocycles. The Labute approximate surface area is 174 Å². The van der Waals surface area contributed by atoms with Gasteiger partial charge in [0.1, 0.15) is 12.3 Å². The van der Waals surface area contributed by atoms with E-state index in [1.54, 1.807) is 17.0 Å². The summed E-state index contributed by atoms with van der Waals surface area (Å²) in [6.45, 7) is 2.39. The lowest BCUT2D eigenvalue weighted by Crippen LogP contribution is -2.14. The number of benzene rings is 3. The Kier molecular flexibility index (Phi) is 5.38. The molecule has 140 valence electrons. The van der Waals surface area contributed by atoms with E-state index in [1.165, 1.54) is 0 Å². The summed E-state index contributed by atoms with van der Waals surface area (Å²) in [6, 6.07) is 25.7. The van der Waals surface area contributed by atoms with Crippen LogP contribution in [-0.4, -0.2) is 9.94 Å². The Hall–Kier alpha value is -2.75. The topological polar surface area (TPSA) is 27.1 Å². The first-order valence-corrected chi connectivity index (χ1v) is 9.67. The Morgan fingerprint density at radius 2 is 1.46 bits per heavy atom. The van der Waals surface area contributed by atoms with E-state index in [2.05, 4.69) is 19.1 Å². The molecule has 0 aliphatic rings. The van der Waals surface area contributed by atoms with Crippen molar-refractivity contribution >= 4 is 23.2 Å². The van der Waals surface area contributed by atoms with Gasteiger partial charge in [-0.1, -0.05) is 94.8 Å². The van der Waals surface area contributed by atoms with Gasteiger partial charge in [0, 0.05) is 16.7 Å². The average Bonchev–Trinajstić information content (AvgIpc) is 3.06. The minimum atomic E-state index is 0.325. The van der Waals surface area contributed by atoms with Crippen molar-refractivity contribution in [2.45, 2.75) is 13.5 Å². The first kappa shape index (κ1) is 18.6. The summed E-state index contributed by atoms with van der Waals surface area (Å²) >= 11 is 12.1. The van der Waals surface area contributed by atoms with E-state index in [0.717, 1.165) is 33.6 Å². The maximum absolute atomic E-state index is 6.12. The molecule has 0 fully saturated rings. The molecule has 3 nitrogen and oxygen atoms in total. The van der Waals surface area contributed by atoms with Crippen molar-refractivity contribution in [2.75, 3.05) is 0 Å². The number of aromatic nitrogens is 2. The van der Waals surface area contributed by atoms with Crippen LogP contribution in [0.4, 0.5) is 0 Å². The molecule has 4 aromatic rings. The fraction of sp³-hybridized carbons (Fsp3) is 0.0870. The van der Waals surface area contributed by atoms with E-state index in [9.17, 15) is 0 Å². The molecule has 28 heavy (non-hydrogen) atoms. The van der Waals surface area contributed by atoms with Crippen LogP contribution in [0.1, 0.15) is 11.1 Å². The van der Waals surface area contributed by atoms with E-state index < -0.39 is 0 Å². The van der Waals surface area contributed by atoms with Gasteiger partial charge in [-0.2, -0.15) is 0 Å². The molecule has 0 bridgehead atoms. The molecule has 0 N–H and O–H groups in total. The van der Waals surface area contributed by atoms with E-state index in [1.807, 2.05) is 54.6 Å². The van der Waals surface area contributed by atoms with Gasteiger partial charge in [-0.15, -0.1) is 5.10 Å². The normalized spacial score (nSPS) is 10.8. The van der Waals surface area contributed by atoms with Gasteiger partial charge in [-0.25, -0.2) is 0 Å². The average molecular weight is 409 g/mol. The molecule has 0 atom stereocenters. The van der Waals surface area contributed by atoms with Crippen molar-refractivity contribution in [2.24, 2.45) is 0 Å². The summed E-state index contributed by atoms with van der Waals surface area (Å²) in [5.41, 5.74) is 5.90. The van der Waals surface area contributed by atoms with Gasteiger partial charge in [0.15, 0.2) is 0 Å². The summed E-state index contributed by atoms with van der Waals surface area (Å²) in [5.74, 6) is 0. The third-order valence-electron chi connectivity index (χ3n) is 4.52. The molecule has 0 amide bonds. The predicted molar refractivity (Wildman–Crippen MR) is 115 cm³/mol. The van der Waals surface area contributed by atoms with Crippen molar-refractivity contribution in [1.82, 2.24) is 9.94 Å². The molecular weight excluding hydrogens is 391 g/mol. The zero-order valence-corrected chi connectivity index (χ0v) is 16.8. The molecule has 0 aliphatic carbocycles. The van der Waals surface area contributed by atoms with Gasteiger partial charge < -0.3 is 4.84 Å². The molecule has 0 aliphatic heterocycles. The summed E-state index contributed by atoms with van der Waals surface area (Å²) in [6.07, 6.45) is 0. The Morgan fingerprint density at radius 3 is 2.11 bits per heavy atom. The summed E-state index contributed by atoms with van der Waals surface area (Å²) in [4.78, 5) is 7.67. The first-order chi connectivity index (χ1) is 13.6. The highest BCUT2D eigenvalue weighted by Gasteiger charge is 2.18. The zero-order valence-electron chi connectivity index (χ0n) is 15.3. The lowest BCUT2D eigenvalue weighted by molar-refractivity contribution is 0.0741. The largest absolute Gasteiger partial charge is 0.391 e. The number of hydrogen-bond acceptors (Lipinski definition) is 2. The fourth-order valence-electron chi connectivity index (χ4n) is 3.12. The van der Waals surface area contributed by atoms with E-state index in [-0.39, 0.29) is 0 Å². The molecule has 5 heteroatoms. The van der Waals surface area contributed by atoms with Crippen LogP contribution in [0.25, 0.3) is 22.5 Å². The highest BCUT2D eigenvalue weighted by Crippen LogP contribution is 2.31. The second-order valence-electron chi connectivity index (χ2n) is 6.45. The number of hydrogen-bond donors (Lipinski definition) is 0. The molecule has 0 saturated heterocycles. The van der Waals surface area contributed by atoms with Gasteiger partial charge in [0.05, 0.1) is 15.7 Å². The number of rotatable bonds is 5. The van der Waals surface area contributed by atoms with Crippen molar-refractivity contribution in [3.05, 3.63) is 100 Å². The van der Waals surface area contributed by atoms with Crippen molar-refractivity contribution in [3.8, 4) is 22.5 Å². The summed E-state index contributed by atoms with van der Waals surface area (Å²) in [7, 11) is 0. The third-order valence-corrected chi connectivity index (χ3v) is 5.26.